The second-order valence-corrected chi connectivity index (χ2v) is 5.81. The van der Waals surface area contributed by atoms with E-state index in [0.717, 1.165) is 0 Å². The Kier molecular flexibility index (Phi) is 7.54. The number of anilines is 2. The van der Waals surface area contributed by atoms with Crippen molar-refractivity contribution in [1.29, 1.82) is 5.26 Å². The number of hydrogen-bond donors (Lipinski definition) is 3. The molecule has 0 radical (unpaired) electrons. The van der Waals surface area contributed by atoms with Crippen molar-refractivity contribution in [1.82, 2.24) is 5.32 Å². The van der Waals surface area contributed by atoms with Gasteiger partial charge in [-0.3, -0.25) is 9.59 Å². The minimum absolute atomic E-state index is 0.0709. The van der Waals surface area contributed by atoms with Gasteiger partial charge in [0.25, 0.3) is 5.91 Å². The van der Waals surface area contributed by atoms with E-state index in [1.165, 1.54) is 6.92 Å². The third-order valence-electron chi connectivity index (χ3n) is 3.61. The monoisotopic (exact) mass is 380 g/mol. The number of amides is 3. The van der Waals surface area contributed by atoms with Gasteiger partial charge in [-0.05, 0) is 43.3 Å². The lowest BCUT2D eigenvalue weighted by molar-refractivity contribution is -0.153. The van der Waals surface area contributed by atoms with Crippen molar-refractivity contribution in [3.8, 4) is 6.07 Å². The van der Waals surface area contributed by atoms with Crippen LogP contribution in [0, 0.1) is 11.3 Å². The molecule has 2 rings (SSSR count). The Morgan fingerprint density at radius 3 is 2.29 bits per heavy atom. The van der Waals surface area contributed by atoms with Gasteiger partial charge in [0, 0.05) is 17.9 Å². The highest BCUT2D eigenvalue weighted by molar-refractivity contribution is 5.95. The third-order valence-corrected chi connectivity index (χ3v) is 3.61. The third kappa shape index (κ3) is 6.80. The van der Waals surface area contributed by atoms with E-state index < -0.39 is 24.0 Å². The average molecular weight is 380 g/mol. The van der Waals surface area contributed by atoms with Crippen molar-refractivity contribution in [2.24, 2.45) is 0 Å². The predicted octanol–water partition coefficient (Wildman–Crippen LogP) is 2.64. The molecule has 3 amide bonds. The first-order valence-electron chi connectivity index (χ1n) is 8.58. The molecule has 0 spiro atoms. The first-order valence-corrected chi connectivity index (χ1v) is 8.58. The molecule has 0 bridgehead atoms. The van der Waals surface area contributed by atoms with E-state index in [-0.39, 0.29) is 13.0 Å². The molecular formula is C20H20N4O4. The number of ether oxygens (including phenoxy) is 1. The summed E-state index contributed by atoms with van der Waals surface area (Å²) >= 11 is 0. The van der Waals surface area contributed by atoms with Gasteiger partial charge in [-0.1, -0.05) is 18.2 Å². The predicted molar refractivity (Wildman–Crippen MR) is 103 cm³/mol. The van der Waals surface area contributed by atoms with Crippen LogP contribution in [0.4, 0.5) is 16.2 Å². The maximum absolute atomic E-state index is 12.1. The Labute approximate surface area is 162 Å². The van der Waals surface area contributed by atoms with Crippen LogP contribution in [0.25, 0.3) is 0 Å². The molecule has 28 heavy (non-hydrogen) atoms. The summed E-state index contributed by atoms with van der Waals surface area (Å²) in [5.74, 6) is -1.10. The molecule has 0 aromatic heterocycles. The topological polar surface area (TPSA) is 120 Å². The zero-order valence-corrected chi connectivity index (χ0v) is 15.3. The summed E-state index contributed by atoms with van der Waals surface area (Å²) in [6.07, 6.45) is -1.07. The van der Waals surface area contributed by atoms with E-state index in [0.29, 0.717) is 16.9 Å². The van der Waals surface area contributed by atoms with Gasteiger partial charge in [-0.25, -0.2) is 4.79 Å². The van der Waals surface area contributed by atoms with Crippen LogP contribution in [-0.2, 0) is 14.3 Å². The summed E-state index contributed by atoms with van der Waals surface area (Å²) in [5, 5.41) is 16.5. The van der Waals surface area contributed by atoms with Crippen LogP contribution in [0.5, 0.6) is 0 Å². The molecule has 0 saturated heterocycles. The first-order chi connectivity index (χ1) is 13.5. The number of esters is 1. The normalized spacial score (nSPS) is 10.9. The zero-order valence-electron chi connectivity index (χ0n) is 15.3. The maximum atomic E-state index is 12.1. The smallest absolute Gasteiger partial charge is 0.319 e. The fourth-order valence-corrected chi connectivity index (χ4v) is 2.16. The Hall–Kier alpha value is -3.86. The lowest BCUT2D eigenvalue weighted by Crippen LogP contribution is -2.33. The summed E-state index contributed by atoms with van der Waals surface area (Å²) in [5.41, 5.74) is 1.60. The van der Waals surface area contributed by atoms with Crippen LogP contribution < -0.4 is 16.0 Å². The number of hydrogen-bond acceptors (Lipinski definition) is 5. The fourth-order valence-electron chi connectivity index (χ4n) is 2.16. The van der Waals surface area contributed by atoms with Gasteiger partial charge >= 0.3 is 12.0 Å². The second-order valence-electron chi connectivity index (χ2n) is 5.81. The minimum Gasteiger partial charge on any atom is -0.452 e. The van der Waals surface area contributed by atoms with Crippen LogP contribution in [-0.4, -0.2) is 30.6 Å². The second kappa shape index (κ2) is 10.3. The molecule has 8 nitrogen and oxygen atoms in total. The van der Waals surface area contributed by atoms with E-state index in [4.69, 9.17) is 10.00 Å². The van der Waals surface area contributed by atoms with Crippen molar-refractivity contribution in [3.63, 3.8) is 0 Å². The first kappa shape index (κ1) is 20.5. The molecule has 0 saturated carbocycles. The molecule has 0 aliphatic heterocycles. The van der Waals surface area contributed by atoms with E-state index in [1.807, 2.05) is 12.1 Å². The van der Waals surface area contributed by atoms with Crippen LogP contribution in [0.2, 0.25) is 0 Å². The van der Waals surface area contributed by atoms with Gasteiger partial charge in [0.05, 0.1) is 18.1 Å². The molecule has 1 atom stereocenters. The van der Waals surface area contributed by atoms with Crippen molar-refractivity contribution in [2.45, 2.75) is 19.4 Å². The van der Waals surface area contributed by atoms with Gasteiger partial charge in [-0.15, -0.1) is 0 Å². The fraction of sp³-hybridized carbons (Fsp3) is 0.200. The Balaban J connectivity index is 1.69. The van der Waals surface area contributed by atoms with Crippen LogP contribution in [0.1, 0.15) is 18.9 Å². The number of urea groups is 1. The lowest BCUT2D eigenvalue weighted by Gasteiger charge is -2.14. The number of nitrogens with zero attached hydrogens (tertiary/aromatic N) is 1. The molecule has 0 unspecified atom stereocenters. The zero-order chi connectivity index (χ0) is 20.4. The highest BCUT2D eigenvalue weighted by Crippen LogP contribution is 2.10. The van der Waals surface area contributed by atoms with E-state index in [1.54, 1.807) is 48.5 Å². The summed E-state index contributed by atoms with van der Waals surface area (Å²) in [6.45, 7) is 1.52. The highest BCUT2D eigenvalue weighted by atomic mass is 16.5. The quantitative estimate of drug-likeness (QED) is 0.638. The Morgan fingerprint density at radius 2 is 1.64 bits per heavy atom. The lowest BCUT2D eigenvalue weighted by atomic mass is 10.2. The SMILES string of the molecule is C[C@H](OC(=O)CCNC(=O)Nc1ccccc1)C(=O)Nc1ccc(C#N)cc1. The standard InChI is InChI=1S/C20H20N4O4/c1-14(19(26)23-17-9-7-15(13-21)8-10-17)28-18(25)11-12-22-20(27)24-16-5-3-2-4-6-16/h2-10,14H,11-12H2,1H3,(H,23,26)(H2,22,24,27)/t14-/m0/s1. The number of para-hydroxylation sites is 1. The van der Waals surface area contributed by atoms with Crippen molar-refractivity contribution in [2.75, 3.05) is 17.2 Å². The number of carbonyl (C=O) groups excluding carboxylic acids is 3. The molecule has 8 heteroatoms. The maximum Gasteiger partial charge on any atom is 0.319 e. The van der Waals surface area contributed by atoms with Gasteiger partial charge < -0.3 is 20.7 Å². The number of nitrogens with one attached hydrogen (secondary N) is 3. The summed E-state index contributed by atoms with van der Waals surface area (Å²) < 4.78 is 5.05. The molecule has 0 aliphatic carbocycles. The molecule has 2 aromatic carbocycles. The molecule has 3 N–H and O–H groups in total. The number of carbonyl (C=O) groups is 3. The molecule has 0 heterocycles. The number of nitriles is 1. The molecule has 144 valence electrons. The van der Waals surface area contributed by atoms with Gasteiger partial charge in [0.15, 0.2) is 6.10 Å². The van der Waals surface area contributed by atoms with Gasteiger partial charge in [0.2, 0.25) is 0 Å². The van der Waals surface area contributed by atoms with Crippen LogP contribution >= 0.6 is 0 Å². The van der Waals surface area contributed by atoms with Crippen LogP contribution in [0.15, 0.2) is 54.6 Å². The van der Waals surface area contributed by atoms with Crippen molar-refractivity contribution in [3.05, 3.63) is 60.2 Å². The van der Waals surface area contributed by atoms with Crippen molar-refractivity contribution < 1.29 is 19.1 Å². The van der Waals surface area contributed by atoms with Crippen molar-refractivity contribution >= 4 is 29.3 Å². The van der Waals surface area contributed by atoms with E-state index in [9.17, 15) is 14.4 Å². The number of benzene rings is 2. The largest absolute Gasteiger partial charge is 0.452 e. The molecule has 0 fully saturated rings. The Morgan fingerprint density at radius 1 is 1.00 bits per heavy atom. The highest BCUT2D eigenvalue weighted by Gasteiger charge is 2.18. The summed E-state index contributed by atoms with van der Waals surface area (Å²) in [6, 6.07) is 16.7. The molecule has 2 aromatic rings. The minimum atomic E-state index is -0.999. The average Bonchev–Trinajstić information content (AvgIpc) is 2.69. The molecule has 0 aliphatic rings. The van der Waals surface area contributed by atoms with Gasteiger partial charge in [-0.2, -0.15) is 5.26 Å². The van der Waals surface area contributed by atoms with E-state index in [2.05, 4.69) is 16.0 Å². The summed E-state index contributed by atoms with van der Waals surface area (Å²) in [7, 11) is 0. The molecular weight excluding hydrogens is 360 g/mol. The summed E-state index contributed by atoms with van der Waals surface area (Å²) in [4.78, 5) is 35.6. The Bertz CT molecular complexity index is 860. The van der Waals surface area contributed by atoms with E-state index >= 15 is 0 Å². The van der Waals surface area contributed by atoms with Gasteiger partial charge in [0.1, 0.15) is 0 Å². The number of rotatable bonds is 7. The van der Waals surface area contributed by atoms with Crippen LogP contribution in [0.3, 0.4) is 0 Å².